The first-order valence-electron chi connectivity index (χ1n) is 4.85. The highest BCUT2D eigenvalue weighted by Crippen LogP contribution is 2.24. The van der Waals surface area contributed by atoms with Crippen molar-refractivity contribution in [2.45, 2.75) is 13.8 Å². The van der Waals surface area contributed by atoms with Gasteiger partial charge >= 0.3 is 6.03 Å². The molecular formula is C10H13N3O3. The number of carbonyl (C=O) groups excluding carboxylic acids is 1. The van der Waals surface area contributed by atoms with E-state index >= 15 is 0 Å². The van der Waals surface area contributed by atoms with E-state index in [9.17, 15) is 14.9 Å². The lowest BCUT2D eigenvalue weighted by Crippen LogP contribution is -2.28. The van der Waals surface area contributed by atoms with Gasteiger partial charge in [0.15, 0.2) is 0 Å². The van der Waals surface area contributed by atoms with Crippen molar-refractivity contribution in [3.8, 4) is 0 Å². The van der Waals surface area contributed by atoms with Crippen LogP contribution in [0.3, 0.4) is 0 Å². The SMILES string of the molecule is CCNC(=O)Nc1cccc([N+](=O)[O-])c1C. The molecule has 0 aliphatic heterocycles. The van der Waals surface area contributed by atoms with Gasteiger partial charge in [-0.05, 0) is 19.9 Å². The number of rotatable bonds is 3. The lowest BCUT2D eigenvalue weighted by atomic mass is 10.1. The Morgan fingerprint density at radius 2 is 2.19 bits per heavy atom. The maximum Gasteiger partial charge on any atom is 0.319 e. The Kier molecular flexibility index (Phi) is 3.82. The number of nitro groups is 1. The molecule has 16 heavy (non-hydrogen) atoms. The van der Waals surface area contributed by atoms with Crippen LogP contribution in [-0.2, 0) is 0 Å². The van der Waals surface area contributed by atoms with E-state index in [1.165, 1.54) is 12.1 Å². The third-order valence-corrected chi connectivity index (χ3v) is 2.09. The highest BCUT2D eigenvalue weighted by atomic mass is 16.6. The van der Waals surface area contributed by atoms with Gasteiger partial charge in [-0.1, -0.05) is 6.07 Å². The van der Waals surface area contributed by atoms with Crippen LogP contribution < -0.4 is 10.6 Å². The Hall–Kier alpha value is -2.11. The molecule has 0 heterocycles. The average Bonchev–Trinajstić information content (AvgIpc) is 2.21. The Labute approximate surface area is 92.8 Å². The fourth-order valence-electron chi connectivity index (χ4n) is 1.28. The molecular weight excluding hydrogens is 210 g/mol. The minimum atomic E-state index is -0.474. The van der Waals surface area contributed by atoms with E-state index in [1.807, 2.05) is 0 Å². The van der Waals surface area contributed by atoms with Crippen molar-refractivity contribution >= 4 is 17.4 Å². The van der Waals surface area contributed by atoms with Crippen molar-refractivity contribution in [3.05, 3.63) is 33.9 Å². The molecule has 0 fully saturated rings. The Balaban J connectivity index is 2.93. The molecule has 0 bridgehead atoms. The number of nitrogens with zero attached hydrogens (tertiary/aromatic N) is 1. The van der Waals surface area contributed by atoms with Crippen molar-refractivity contribution in [1.82, 2.24) is 5.32 Å². The number of hydrogen-bond acceptors (Lipinski definition) is 3. The van der Waals surface area contributed by atoms with E-state index in [2.05, 4.69) is 10.6 Å². The monoisotopic (exact) mass is 223 g/mol. The number of anilines is 1. The number of hydrogen-bond donors (Lipinski definition) is 2. The molecule has 1 aromatic carbocycles. The fourth-order valence-corrected chi connectivity index (χ4v) is 1.28. The van der Waals surface area contributed by atoms with E-state index in [4.69, 9.17) is 0 Å². The van der Waals surface area contributed by atoms with Crippen LogP contribution in [0.5, 0.6) is 0 Å². The summed E-state index contributed by atoms with van der Waals surface area (Å²) >= 11 is 0. The smallest absolute Gasteiger partial charge is 0.319 e. The van der Waals surface area contributed by atoms with Crippen LogP contribution >= 0.6 is 0 Å². The summed E-state index contributed by atoms with van der Waals surface area (Å²) in [5.74, 6) is 0. The lowest BCUT2D eigenvalue weighted by molar-refractivity contribution is -0.385. The molecule has 0 unspecified atom stereocenters. The summed E-state index contributed by atoms with van der Waals surface area (Å²) in [6.45, 7) is 3.89. The number of urea groups is 1. The number of nitro benzene ring substituents is 1. The van der Waals surface area contributed by atoms with Gasteiger partial charge in [0.05, 0.1) is 16.2 Å². The second-order valence-electron chi connectivity index (χ2n) is 3.19. The van der Waals surface area contributed by atoms with Crippen molar-refractivity contribution < 1.29 is 9.72 Å². The Morgan fingerprint density at radius 1 is 1.50 bits per heavy atom. The molecule has 0 saturated heterocycles. The third kappa shape index (κ3) is 2.69. The first kappa shape index (κ1) is 12.0. The van der Waals surface area contributed by atoms with Crippen LogP contribution in [0, 0.1) is 17.0 Å². The largest absolute Gasteiger partial charge is 0.338 e. The molecule has 0 aliphatic carbocycles. The predicted molar refractivity (Wildman–Crippen MR) is 60.5 cm³/mol. The molecule has 1 aromatic rings. The van der Waals surface area contributed by atoms with E-state index in [1.54, 1.807) is 19.9 Å². The minimum Gasteiger partial charge on any atom is -0.338 e. The first-order valence-corrected chi connectivity index (χ1v) is 4.85. The molecule has 1 rings (SSSR count). The van der Waals surface area contributed by atoms with E-state index < -0.39 is 4.92 Å². The standard InChI is InChI=1S/C10H13N3O3/c1-3-11-10(14)12-8-5-4-6-9(7(8)2)13(15)16/h4-6H,3H2,1-2H3,(H2,11,12,14). The van der Waals surface area contributed by atoms with E-state index in [0.29, 0.717) is 17.8 Å². The fraction of sp³-hybridized carbons (Fsp3) is 0.300. The van der Waals surface area contributed by atoms with Crippen LogP contribution in [-0.4, -0.2) is 17.5 Å². The summed E-state index contributed by atoms with van der Waals surface area (Å²) in [5, 5.41) is 15.8. The van der Waals surface area contributed by atoms with E-state index in [-0.39, 0.29) is 11.7 Å². The van der Waals surface area contributed by atoms with Crippen LogP contribution in [0.4, 0.5) is 16.2 Å². The summed E-state index contributed by atoms with van der Waals surface area (Å²) in [6.07, 6.45) is 0. The molecule has 0 aromatic heterocycles. The summed E-state index contributed by atoms with van der Waals surface area (Å²) < 4.78 is 0. The number of benzene rings is 1. The van der Waals surface area contributed by atoms with Crippen molar-refractivity contribution in [2.75, 3.05) is 11.9 Å². The Morgan fingerprint density at radius 3 is 2.75 bits per heavy atom. The van der Waals surface area contributed by atoms with Crippen molar-refractivity contribution in [2.24, 2.45) is 0 Å². The van der Waals surface area contributed by atoms with Crippen LogP contribution in [0.15, 0.2) is 18.2 Å². The molecule has 0 spiro atoms. The topological polar surface area (TPSA) is 84.3 Å². The van der Waals surface area contributed by atoms with Gasteiger partial charge in [-0.25, -0.2) is 4.79 Å². The second-order valence-corrected chi connectivity index (χ2v) is 3.19. The van der Waals surface area contributed by atoms with Crippen LogP contribution in [0.2, 0.25) is 0 Å². The third-order valence-electron chi connectivity index (χ3n) is 2.09. The zero-order chi connectivity index (χ0) is 12.1. The second kappa shape index (κ2) is 5.11. The minimum absolute atomic E-state index is 0.00528. The molecule has 0 saturated carbocycles. The molecule has 0 atom stereocenters. The number of carbonyl (C=O) groups is 1. The normalized spacial score (nSPS) is 9.62. The van der Waals surface area contributed by atoms with Gasteiger partial charge in [0, 0.05) is 12.6 Å². The van der Waals surface area contributed by atoms with E-state index in [0.717, 1.165) is 0 Å². The predicted octanol–water partition coefficient (Wildman–Crippen LogP) is 2.04. The molecule has 86 valence electrons. The molecule has 0 radical (unpaired) electrons. The molecule has 0 aliphatic rings. The van der Waals surface area contributed by atoms with Crippen LogP contribution in [0.1, 0.15) is 12.5 Å². The number of nitrogens with one attached hydrogen (secondary N) is 2. The van der Waals surface area contributed by atoms with Crippen molar-refractivity contribution in [1.29, 1.82) is 0 Å². The first-order chi connectivity index (χ1) is 7.56. The highest BCUT2D eigenvalue weighted by Gasteiger charge is 2.14. The summed E-state index contributed by atoms with van der Waals surface area (Å²) in [7, 11) is 0. The maximum atomic E-state index is 11.3. The van der Waals surface area contributed by atoms with Gasteiger partial charge in [0.25, 0.3) is 5.69 Å². The number of amides is 2. The molecule has 6 heteroatoms. The summed E-state index contributed by atoms with van der Waals surface area (Å²) in [4.78, 5) is 21.4. The van der Waals surface area contributed by atoms with Gasteiger partial charge < -0.3 is 10.6 Å². The maximum absolute atomic E-state index is 11.3. The quantitative estimate of drug-likeness (QED) is 0.607. The van der Waals surface area contributed by atoms with Gasteiger partial charge in [-0.15, -0.1) is 0 Å². The van der Waals surface area contributed by atoms with Gasteiger partial charge in [-0.3, -0.25) is 10.1 Å². The van der Waals surface area contributed by atoms with Gasteiger partial charge in [0.1, 0.15) is 0 Å². The van der Waals surface area contributed by atoms with Gasteiger partial charge in [0.2, 0.25) is 0 Å². The molecule has 6 nitrogen and oxygen atoms in total. The van der Waals surface area contributed by atoms with Crippen LogP contribution in [0.25, 0.3) is 0 Å². The summed E-state index contributed by atoms with van der Waals surface area (Å²) in [6, 6.07) is 4.19. The van der Waals surface area contributed by atoms with Gasteiger partial charge in [-0.2, -0.15) is 0 Å². The van der Waals surface area contributed by atoms with Crippen molar-refractivity contribution in [3.63, 3.8) is 0 Å². The molecule has 2 amide bonds. The zero-order valence-electron chi connectivity index (χ0n) is 9.11. The zero-order valence-corrected chi connectivity index (χ0v) is 9.11. The highest BCUT2D eigenvalue weighted by molar-refractivity contribution is 5.90. The Bertz CT molecular complexity index is 418. The molecule has 2 N–H and O–H groups in total. The lowest BCUT2D eigenvalue weighted by Gasteiger charge is -2.08. The average molecular weight is 223 g/mol. The summed E-state index contributed by atoms with van der Waals surface area (Å²) in [5.41, 5.74) is 0.883.